The molecule has 124 valence electrons. The highest BCUT2D eigenvalue weighted by molar-refractivity contribution is 6.43. The van der Waals surface area contributed by atoms with Gasteiger partial charge in [0, 0.05) is 16.3 Å². The summed E-state index contributed by atoms with van der Waals surface area (Å²) in [5.41, 5.74) is 3.74. The minimum atomic E-state index is -0.927. The van der Waals surface area contributed by atoms with Gasteiger partial charge in [-0.1, -0.05) is 53.0 Å². The second-order valence-electron chi connectivity index (χ2n) is 4.71. The van der Waals surface area contributed by atoms with Crippen LogP contribution in [0.5, 0.6) is 0 Å². The fraction of sp³-hybridized carbons (Fsp3) is 0.0625. The smallest absolute Gasteiger partial charge is 0.317 e. The molecule has 0 heterocycles. The molecule has 0 atom stereocenters. The third kappa shape index (κ3) is 4.47. The van der Waals surface area contributed by atoms with Gasteiger partial charge in [-0.15, -0.1) is 0 Å². The average molecular weight is 385 g/mol. The van der Waals surface area contributed by atoms with E-state index in [1.54, 1.807) is 43.3 Å². The minimum Gasteiger partial charge on any atom is -0.317 e. The van der Waals surface area contributed by atoms with Crippen molar-refractivity contribution in [3.63, 3.8) is 0 Å². The Morgan fingerprint density at radius 2 is 1.67 bits per heavy atom. The van der Waals surface area contributed by atoms with Gasteiger partial charge < -0.3 is 5.32 Å². The van der Waals surface area contributed by atoms with E-state index in [1.807, 2.05) is 0 Å². The lowest BCUT2D eigenvalue weighted by molar-refractivity contribution is -0.136. The van der Waals surface area contributed by atoms with Crippen LogP contribution in [-0.2, 0) is 9.59 Å². The number of carbonyl (C=O) groups is 2. The van der Waals surface area contributed by atoms with E-state index in [0.717, 1.165) is 0 Å². The van der Waals surface area contributed by atoms with Crippen LogP contribution >= 0.6 is 34.8 Å². The summed E-state index contributed by atoms with van der Waals surface area (Å²) in [6, 6.07) is 9.97. The van der Waals surface area contributed by atoms with Crippen molar-refractivity contribution in [2.75, 3.05) is 5.32 Å². The number of nitrogens with zero attached hydrogens (tertiary/aromatic N) is 1. The molecule has 0 radical (unpaired) electrons. The number of benzene rings is 2. The van der Waals surface area contributed by atoms with Crippen molar-refractivity contribution in [1.29, 1.82) is 0 Å². The van der Waals surface area contributed by atoms with Gasteiger partial charge in [0.2, 0.25) is 0 Å². The highest BCUT2D eigenvalue weighted by atomic mass is 35.5. The molecule has 5 nitrogen and oxygen atoms in total. The fourth-order valence-corrected chi connectivity index (χ4v) is 2.28. The van der Waals surface area contributed by atoms with Gasteiger partial charge in [0.25, 0.3) is 0 Å². The van der Waals surface area contributed by atoms with E-state index in [2.05, 4.69) is 15.8 Å². The number of carbonyl (C=O) groups excluding carboxylic acids is 2. The van der Waals surface area contributed by atoms with Gasteiger partial charge in [-0.3, -0.25) is 9.59 Å². The Bertz CT molecular complexity index is 822. The van der Waals surface area contributed by atoms with Gasteiger partial charge in [0.15, 0.2) is 0 Å². The van der Waals surface area contributed by atoms with Crippen molar-refractivity contribution in [2.24, 2.45) is 5.10 Å². The molecule has 0 saturated heterocycles. The van der Waals surface area contributed by atoms with Crippen LogP contribution in [0.2, 0.25) is 15.1 Å². The quantitative estimate of drug-likeness (QED) is 0.476. The molecule has 8 heteroatoms. The average Bonchev–Trinajstić information content (AvgIpc) is 2.55. The summed E-state index contributed by atoms with van der Waals surface area (Å²) in [7, 11) is 0. The van der Waals surface area contributed by atoms with Gasteiger partial charge in [-0.25, -0.2) is 5.43 Å². The summed E-state index contributed by atoms with van der Waals surface area (Å²) in [5, 5.41) is 7.31. The van der Waals surface area contributed by atoms with Crippen LogP contribution in [0.3, 0.4) is 0 Å². The van der Waals surface area contributed by atoms with Crippen LogP contribution in [0, 0.1) is 6.92 Å². The molecule has 0 aliphatic rings. The van der Waals surface area contributed by atoms with E-state index in [0.29, 0.717) is 31.9 Å². The fourth-order valence-electron chi connectivity index (χ4n) is 1.75. The topological polar surface area (TPSA) is 70.6 Å². The molecule has 2 amide bonds. The van der Waals surface area contributed by atoms with E-state index in [-0.39, 0.29) is 0 Å². The zero-order valence-corrected chi connectivity index (χ0v) is 14.7. The number of nitrogens with one attached hydrogen (secondary N) is 2. The number of anilines is 1. The van der Waals surface area contributed by atoms with E-state index in [9.17, 15) is 9.59 Å². The molecule has 2 aromatic rings. The highest BCUT2D eigenvalue weighted by Gasteiger charge is 2.14. The SMILES string of the molecule is Cc1c(Cl)cccc1NC(=O)C(=O)NN=Cc1cccc(Cl)c1Cl. The summed E-state index contributed by atoms with van der Waals surface area (Å²) >= 11 is 17.8. The van der Waals surface area contributed by atoms with Crippen LogP contribution < -0.4 is 10.7 Å². The first kappa shape index (κ1) is 18.3. The van der Waals surface area contributed by atoms with Crippen LogP contribution in [0.25, 0.3) is 0 Å². The van der Waals surface area contributed by atoms with Crippen molar-refractivity contribution in [2.45, 2.75) is 6.92 Å². The molecule has 2 rings (SSSR count). The zero-order valence-electron chi connectivity index (χ0n) is 12.4. The molecule has 0 spiro atoms. The van der Waals surface area contributed by atoms with Crippen LogP contribution in [0.4, 0.5) is 5.69 Å². The lowest BCUT2D eigenvalue weighted by Crippen LogP contribution is -2.32. The third-order valence-electron chi connectivity index (χ3n) is 3.07. The van der Waals surface area contributed by atoms with Crippen molar-refractivity contribution in [3.05, 3.63) is 62.6 Å². The molecule has 0 aromatic heterocycles. The largest absolute Gasteiger partial charge is 0.329 e. The summed E-state index contributed by atoms with van der Waals surface area (Å²) in [4.78, 5) is 23.6. The highest BCUT2D eigenvalue weighted by Crippen LogP contribution is 2.24. The maximum Gasteiger partial charge on any atom is 0.329 e. The first-order valence-electron chi connectivity index (χ1n) is 6.73. The predicted octanol–water partition coefficient (Wildman–Crippen LogP) is 4.04. The third-order valence-corrected chi connectivity index (χ3v) is 4.32. The van der Waals surface area contributed by atoms with Crippen molar-refractivity contribution < 1.29 is 9.59 Å². The molecule has 0 fully saturated rings. The number of hydrogen-bond donors (Lipinski definition) is 2. The monoisotopic (exact) mass is 383 g/mol. The van der Waals surface area contributed by atoms with E-state index < -0.39 is 11.8 Å². The first-order valence-corrected chi connectivity index (χ1v) is 7.87. The zero-order chi connectivity index (χ0) is 17.7. The summed E-state index contributed by atoms with van der Waals surface area (Å²) < 4.78 is 0. The lowest BCUT2D eigenvalue weighted by atomic mass is 10.2. The molecule has 0 aliphatic carbocycles. The Morgan fingerprint density at radius 3 is 2.42 bits per heavy atom. The number of rotatable bonds is 3. The molecular formula is C16H12Cl3N3O2. The van der Waals surface area contributed by atoms with Crippen LogP contribution in [0.15, 0.2) is 41.5 Å². The predicted molar refractivity (Wildman–Crippen MR) is 97.0 cm³/mol. The van der Waals surface area contributed by atoms with Gasteiger partial charge in [-0.05, 0) is 30.7 Å². The molecular weight excluding hydrogens is 373 g/mol. The Morgan fingerprint density at radius 1 is 1.00 bits per heavy atom. The van der Waals surface area contributed by atoms with Gasteiger partial charge >= 0.3 is 11.8 Å². The second-order valence-corrected chi connectivity index (χ2v) is 5.90. The molecule has 0 saturated carbocycles. The minimum absolute atomic E-state index is 0.302. The number of hydrogen-bond acceptors (Lipinski definition) is 3. The molecule has 24 heavy (non-hydrogen) atoms. The Kier molecular flexibility index (Phi) is 6.20. The molecule has 2 aromatic carbocycles. The van der Waals surface area contributed by atoms with E-state index >= 15 is 0 Å². The molecule has 0 unspecified atom stereocenters. The first-order chi connectivity index (χ1) is 11.4. The van der Waals surface area contributed by atoms with Crippen LogP contribution in [-0.4, -0.2) is 18.0 Å². The van der Waals surface area contributed by atoms with Gasteiger partial charge in [-0.2, -0.15) is 5.10 Å². The molecule has 0 bridgehead atoms. The van der Waals surface area contributed by atoms with Gasteiger partial charge in [0.1, 0.15) is 0 Å². The summed E-state index contributed by atoms with van der Waals surface area (Å²) in [5.74, 6) is -1.79. The van der Waals surface area contributed by atoms with Gasteiger partial charge in [0.05, 0.1) is 16.3 Å². The van der Waals surface area contributed by atoms with Crippen molar-refractivity contribution in [3.8, 4) is 0 Å². The normalized spacial score (nSPS) is 10.7. The standard InChI is InChI=1S/C16H12Cl3N3O2/c1-9-11(17)5-3-7-13(9)21-15(23)16(24)22-20-8-10-4-2-6-12(18)14(10)19/h2-8H,1H3,(H,21,23)(H,22,24). The van der Waals surface area contributed by atoms with Crippen molar-refractivity contribution in [1.82, 2.24) is 5.43 Å². The van der Waals surface area contributed by atoms with Crippen LogP contribution in [0.1, 0.15) is 11.1 Å². The summed E-state index contributed by atoms with van der Waals surface area (Å²) in [6.07, 6.45) is 1.30. The number of amides is 2. The van der Waals surface area contributed by atoms with E-state index in [4.69, 9.17) is 34.8 Å². The maximum absolute atomic E-state index is 11.9. The number of halogens is 3. The Hall–Kier alpha value is -2.08. The molecule has 2 N–H and O–H groups in total. The second kappa shape index (κ2) is 8.15. The Balaban J connectivity index is 1.99. The Labute approximate surface area is 153 Å². The van der Waals surface area contributed by atoms with E-state index in [1.165, 1.54) is 6.21 Å². The summed E-state index contributed by atoms with van der Waals surface area (Å²) in [6.45, 7) is 1.73. The maximum atomic E-state index is 11.9. The van der Waals surface area contributed by atoms with Crippen molar-refractivity contribution >= 4 is 58.5 Å². The number of hydrazone groups is 1. The lowest BCUT2D eigenvalue weighted by Gasteiger charge is -2.08. The molecule has 0 aliphatic heterocycles.